The first-order valence-corrected chi connectivity index (χ1v) is 14.8. The summed E-state index contributed by atoms with van der Waals surface area (Å²) < 4.78 is 34.1. The number of nitro benzene ring substituents is 1. The second-order valence-corrected chi connectivity index (χ2v) is 11.9. The molecule has 0 aromatic heterocycles. The van der Waals surface area contributed by atoms with E-state index in [1.807, 2.05) is 30.3 Å². The number of benzene rings is 3. The van der Waals surface area contributed by atoms with Gasteiger partial charge in [0.25, 0.3) is 15.7 Å². The van der Waals surface area contributed by atoms with Crippen LogP contribution in [0.5, 0.6) is 5.75 Å². The molecule has 0 bridgehead atoms. The van der Waals surface area contributed by atoms with Gasteiger partial charge < -0.3 is 15.0 Å². The number of carbonyl (C=O) groups excluding carboxylic acids is 2. The van der Waals surface area contributed by atoms with Crippen molar-refractivity contribution in [3.05, 3.63) is 94.0 Å². The maximum absolute atomic E-state index is 14.0. The quantitative estimate of drug-likeness (QED) is 0.232. The number of hydrogen-bond acceptors (Lipinski definition) is 7. The summed E-state index contributed by atoms with van der Waals surface area (Å²) in [6.45, 7) is 6.22. The molecule has 1 unspecified atom stereocenters. The van der Waals surface area contributed by atoms with Crippen molar-refractivity contribution in [1.29, 1.82) is 0 Å². The number of amides is 2. The topological polar surface area (TPSA) is 139 Å². The van der Waals surface area contributed by atoms with Gasteiger partial charge in [0.1, 0.15) is 18.3 Å². The van der Waals surface area contributed by atoms with E-state index in [9.17, 15) is 28.1 Å². The fraction of sp³-hybridized carbons (Fsp3) is 0.333. The SMILES string of the molecule is COc1ccc(N(CC(=O)N(CCc2ccccc2)C(C)C(=O)NC(C)C)S(=O)(=O)c2ccc(C)c([N+](=O)[O-])c2)cc1. The predicted octanol–water partition coefficient (Wildman–Crippen LogP) is 4.09. The molecular weight excluding hydrogens is 560 g/mol. The van der Waals surface area contributed by atoms with E-state index in [4.69, 9.17) is 4.74 Å². The number of methoxy groups -OCH3 is 1. The second kappa shape index (κ2) is 13.9. The number of rotatable bonds is 13. The minimum absolute atomic E-state index is 0.148. The van der Waals surface area contributed by atoms with Crippen molar-refractivity contribution in [1.82, 2.24) is 10.2 Å². The molecule has 12 heteroatoms. The number of ether oxygens (including phenoxy) is 1. The van der Waals surface area contributed by atoms with Crippen molar-refractivity contribution in [3.63, 3.8) is 0 Å². The van der Waals surface area contributed by atoms with Gasteiger partial charge in [0, 0.05) is 24.2 Å². The molecule has 3 rings (SSSR count). The molecule has 0 radical (unpaired) electrons. The van der Waals surface area contributed by atoms with Crippen LogP contribution in [-0.2, 0) is 26.0 Å². The number of carbonyl (C=O) groups is 2. The Kier molecular flexibility index (Phi) is 10.6. The fourth-order valence-electron chi connectivity index (χ4n) is 4.33. The van der Waals surface area contributed by atoms with Crippen LogP contribution in [0.25, 0.3) is 0 Å². The number of hydrogen-bond donors (Lipinski definition) is 1. The van der Waals surface area contributed by atoms with Crippen LogP contribution in [0, 0.1) is 17.0 Å². The van der Waals surface area contributed by atoms with Gasteiger partial charge in [0.2, 0.25) is 11.8 Å². The molecule has 0 fully saturated rings. The van der Waals surface area contributed by atoms with E-state index in [0.717, 1.165) is 15.9 Å². The highest BCUT2D eigenvalue weighted by Crippen LogP contribution is 2.29. The Bertz CT molecular complexity index is 1510. The van der Waals surface area contributed by atoms with E-state index in [1.54, 1.807) is 32.9 Å². The first kappa shape index (κ1) is 32.1. The molecule has 0 aliphatic rings. The highest BCUT2D eigenvalue weighted by Gasteiger charge is 2.33. The summed E-state index contributed by atoms with van der Waals surface area (Å²) in [4.78, 5) is 38.8. The lowest BCUT2D eigenvalue weighted by molar-refractivity contribution is -0.385. The molecule has 0 aliphatic heterocycles. The van der Waals surface area contributed by atoms with E-state index < -0.39 is 33.4 Å². The zero-order valence-corrected chi connectivity index (χ0v) is 25.1. The van der Waals surface area contributed by atoms with Crippen LogP contribution in [0.1, 0.15) is 31.9 Å². The van der Waals surface area contributed by atoms with E-state index in [-0.39, 0.29) is 34.8 Å². The summed E-state index contributed by atoms with van der Waals surface area (Å²) >= 11 is 0. The highest BCUT2D eigenvalue weighted by molar-refractivity contribution is 7.92. The third-order valence-electron chi connectivity index (χ3n) is 6.69. The molecule has 3 aromatic carbocycles. The zero-order valence-electron chi connectivity index (χ0n) is 24.3. The van der Waals surface area contributed by atoms with Crippen molar-refractivity contribution >= 4 is 33.2 Å². The third-order valence-corrected chi connectivity index (χ3v) is 8.46. The Morgan fingerprint density at radius 3 is 2.21 bits per heavy atom. The predicted molar refractivity (Wildman–Crippen MR) is 160 cm³/mol. The summed E-state index contributed by atoms with van der Waals surface area (Å²) in [5, 5.41) is 14.4. The third kappa shape index (κ3) is 7.84. The van der Waals surface area contributed by atoms with Crippen LogP contribution in [0.2, 0.25) is 0 Å². The van der Waals surface area contributed by atoms with E-state index in [0.29, 0.717) is 17.7 Å². The number of nitrogens with one attached hydrogen (secondary N) is 1. The van der Waals surface area contributed by atoms with Crippen LogP contribution in [0.15, 0.2) is 77.7 Å². The maximum Gasteiger partial charge on any atom is 0.273 e. The van der Waals surface area contributed by atoms with Crippen LogP contribution in [0.4, 0.5) is 11.4 Å². The normalized spacial score (nSPS) is 12.0. The summed E-state index contributed by atoms with van der Waals surface area (Å²) in [6, 6.07) is 18.0. The summed E-state index contributed by atoms with van der Waals surface area (Å²) in [5.74, 6) is -0.519. The summed E-state index contributed by atoms with van der Waals surface area (Å²) in [6.07, 6.45) is 0.436. The molecule has 3 aromatic rings. The molecule has 0 saturated carbocycles. The molecule has 1 N–H and O–H groups in total. The molecule has 1 atom stereocenters. The van der Waals surface area contributed by atoms with Crippen LogP contribution in [-0.4, -0.2) is 62.3 Å². The van der Waals surface area contributed by atoms with Gasteiger partial charge in [0.05, 0.1) is 22.6 Å². The van der Waals surface area contributed by atoms with Gasteiger partial charge in [0.15, 0.2) is 0 Å². The van der Waals surface area contributed by atoms with Gasteiger partial charge in [-0.05, 0) is 70.0 Å². The molecular formula is C30H36N4O7S. The van der Waals surface area contributed by atoms with Crippen LogP contribution < -0.4 is 14.4 Å². The number of sulfonamides is 1. The van der Waals surface area contributed by atoms with Gasteiger partial charge in [-0.1, -0.05) is 36.4 Å². The number of nitro groups is 1. The average Bonchev–Trinajstić information content (AvgIpc) is 2.96. The minimum atomic E-state index is -4.47. The molecule has 0 saturated heterocycles. The first-order chi connectivity index (χ1) is 19.8. The Balaban J connectivity index is 2.04. The van der Waals surface area contributed by atoms with Gasteiger partial charge in [-0.3, -0.25) is 24.0 Å². The summed E-state index contributed by atoms with van der Waals surface area (Å²) in [5.41, 5.74) is 1.02. The van der Waals surface area contributed by atoms with Crippen molar-refractivity contribution < 1.29 is 27.7 Å². The van der Waals surface area contributed by atoms with E-state index in [2.05, 4.69) is 5.32 Å². The average molecular weight is 597 g/mol. The standard InChI is InChI=1S/C30H36N4O7S/c1-21(2)31-30(36)23(4)32(18-17-24-9-7-6-8-10-24)29(35)20-33(25-12-14-26(41-5)15-13-25)42(39,40)27-16-11-22(3)28(19-27)34(37)38/h6-16,19,21,23H,17-18,20H2,1-5H3,(H,31,36). The zero-order chi connectivity index (χ0) is 31.0. The Morgan fingerprint density at radius 1 is 1.00 bits per heavy atom. The number of nitrogens with zero attached hydrogens (tertiary/aromatic N) is 3. The Labute approximate surface area is 246 Å². The second-order valence-electron chi connectivity index (χ2n) is 10.1. The van der Waals surface area contributed by atoms with Gasteiger partial charge in [-0.25, -0.2) is 8.42 Å². The molecule has 2 amide bonds. The number of anilines is 1. The monoisotopic (exact) mass is 596 g/mol. The molecule has 42 heavy (non-hydrogen) atoms. The van der Waals surface area contributed by atoms with Gasteiger partial charge in [-0.2, -0.15) is 0 Å². The molecule has 0 spiro atoms. The summed E-state index contributed by atoms with van der Waals surface area (Å²) in [7, 11) is -3.00. The smallest absolute Gasteiger partial charge is 0.273 e. The highest BCUT2D eigenvalue weighted by atomic mass is 32.2. The van der Waals surface area contributed by atoms with Crippen LogP contribution in [0.3, 0.4) is 0 Å². The maximum atomic E-state index is 14.0. The Morgan fingerprint density at radius 2 is 1.64 bits per heavy atom. The first-order valence-electron chi connectivity index (χ1n) is 13.4. The fourth-order valence-corrected chi connectivity index (χ4v) is 5.76. The van der Waals surface area contributed by atoms with Gasteiger partial charge in [-0.15, -0.1) is 0 Å². The molecule has 11 nitrogen and oxygen atoms in total. The van der Waals surface area contributed by atoms with Crippen molar-refractivity contribution in [2.45, 2.75) is 51.1 Å². The lowest BCUT2D eigenvalue weighted by atomic mass is 10.1. The molecule has 224 valence electrons. The lowest BCUT2D eigenvalue weighted by Crippen LogP contribution is -2.53. The van der Waals surface area contributed by atoms with Crippen molar-refractivity contribution in [2.75, 3.05) is 24.5 Å². The lowest BCUT2D eigenvalue weighted by Gasteiger charge is -2.32. The van der Waals surface area contributed by atoms with Crippen LogP contribution >= 0.6 is 0 Å². The molecule has 0 heterocycles. The largest absolute Gasteiger partial charge is 0.497 e. The molecule has 0 aliphatic carbocycles. The van der Waals surface area contributed by atoms with E-state index >= 15 is 0 Å². The van der Waals surface area contributed by atoms with E-state index in [1.165, 1.54) is 43.2 Å². The number of aryl methyl sites for hydroxylation is 1. The Hall–Kier alpha value is -4.45. The minimum Gasteiger partial charge on any atom is -0.497 e. The van der Waals surface area contributed by atoms with Crippen molar-refractivity contribution in [3.8, 4) is 5.75 Å². The van der Waals surface area contributed by atoms with Crippen molar-refractivity contribution in [2.24, 2.45) is 0 Å². The van der Waals surface area contributed by atoms with Gasteiger partial charge >= 0.3 is 0 Å².